The number of rotatable bonds is 3. The van der Waals surface area contributed by atoms with E-state index in [9.17, 15) is 0 Å². The number of hydrogen-bond donors (Lipinski definition) is 0. The first-order chi connectivity index (χ1) is 7.29. The van der Waals surface area contributed by atoms with Crippen LogP contribution < -0.4 is 0 Å². The summed E-state index contributed by atoms with van der Waals surface area (Å²) in [4.78, 5) is 0. The second-order valence-corrected chi connectivity index (χ2v) is 4.57. The van der Waals surface area contributed by atoms with Crippen molar-refractivity contribution in [1.82, 2.24) is 10.2 Å². The lowest BCUT2D eigenvalue weighted by molar-refractivity contribution is 0.513. The molecule has 1 aromatic heterocycles. The Labute approximate surface area is 106 Å². The fraction of sp³-hybridized carbons (Fsp3) is 0.200. The van der Waals surface area contributed by atoms with E-state index < -0.39 is 0 Å². The number of aromatic nitrogens is 2. The van der Waals surface area contributed by atoms with Crippen molar-refractivity contribution in [2.24, 2.45) is 0 Å². The predicted molar refractivity (Wildman–Crippen MR) is 66.9 cm³/mol. The van der Waals surface area contributed by atoms with E-state index in [1.165, 1.54) is 3.57 Å². The van der Waals surface area contributed by atoms with Crippen molar-refractivity contribution in [2.45, 2.75) is 6.42 Å². The van der Waals surface area contributed by atoms with Crippen molar-refractivity contribution < 1.29 is 4.42 Å². The first kappa shape index (κ1) is 10.9. The van der Waals surface area contributed by atoms with Gasteiger partial charge >= 0.3 is 0 Å². The van der Waals surface area contributed by atoms with Crippen LogP contribution in [0, 0.1) is 3.57 Å². The molecule has 0 atom stereocenters. The third-order valence-corrected chi connectivity index (χ3v) is 2.77. The van der Waals surface area contributed by atoms with Gasteiger partial charge in [-0.15, -0.1) is 21.8 Å². The Kier molecular flexibility index (Phi) is 3.58. The maximum atomic E-state index is 5.58. The van der Waals surface area contributed by atoms with Gasteiger partial charge in [0.25, 0.3) is 0 Å². The van der Waals surface area contributed by atoms with E-state index in [1.54, 1.807) is 0 Å². The molecule has 1 aromatic carbocycles. The van der Waals surface area contributed by atoms with E-state index in [4.69, 9.17) is 16.0 Å². The van der Waals surface area contributed by atoms with Crippen LogP contribution in [0.5, 0.6) is 0 Å². The summed E-state index contributed by atoms with van der Waals surface area (Å²) in [5, 5.41) is 7.86. The van der Waals surface area contributed by atoms with Gasteiger partial charge in [0.2, 0.25) is 11.8 Å². The van der Waals surface area contributed by atoms with Crippen LogP contribution in [0.1, 0.15) is 5.89 Å². The minimum absolute atomic E-state index is 0.494. The topological polar surface area (TPSA) is 38.9 Å². The Balaban J connectivity index is 2.25. The summed E-state index contributed by atoms with van der Waals surface area (Å²) in [5.41, 5.74) is 0.934. The summed E-state index contributed by atoms with van der Waals surface area (Å²) in [7, 11) is 0. The lowest BCUT2D eigenvalue weighted by Gasteiger charge is -1.94. The fourth-order valence-corrected chi connectivity index (χ4v) is 1.67. The molecule has 0 spiro atoms. The molecule has 2 aromatic rings. The van der Waals surface area contributed by atoms with Gasteiger partial charge in [0.1, 0.15) is 0 Å². The second-order valence-electron chi connectivity index (χ2n) is 2.95. The number of benzene rings is 1. The fourth-order valence-electron chi connectivity index (χ4n) is 1.14. The molecular formula is C10H8ClIN2O. The standard InChI is InChI=1S/C10H8ClIN2O/c11-6-5-9-13-14-10(15-9)7-1-3-8(12)4-2-7/h1-4H,5-6H2. The Hall–Kier alpha value is -0.620. The summed E-state index contributed by atoms with van der Waals surface area (Å²) < 4.78 is 6.62. The van der Waals surface area contributed by atoms with Crippen molar-refractivity contribution in [3.8, 4) is 11.5 Å². The lowest BCUT2D eigenvalue weighted by atomic mass is 10.2. The van der Waals surface area contributed by atoms with Crippen LogP contribution in [0.4, 0.5) is 0 Å². The maximum Gasteiger partial charge on any atom is 0.247 e. The molecule has 0 fully saturated rings. The SMILES string of the molecule is ClCCc1nnc(-c2ccc(I)cc2)o1. The maximum absolute atomic E-state index is 5.58. The first-order valence-electron chi connectivity index (χ1n) is 4.44. The molecule has 0 aliphatic heterocycles. The number of alkyl halides is 1. The molecule has 0 saturated carbocycles. The van der Waals surface area contributed by atoms with Crippen LogP contribution >= 0.6 is 34.2 Å². The van der Waals surface area contributed by atoms with Gasteiger partial charge in [-0.1, -0.05) is 0 Å². The zero-order valence-corrected chi connectivity index (χ0v) is 10.7. The number of aryl methyl sites for hydroxylation is 1. The normalized spacial score (nSPS) is 10.5. The molecule has 0 radical (unpaired) electrons. The van der Waals surface area contributed by atoms with Gasteiger partial charge in [-0.05, 0) is 46.9 Å². The van der Waals surface area contributed by atoms with Crippen molar-refractivity contribution in [1.29, 1.82) is 0 Å². The highest BCUT2D eigenvalue weighted by Crippen LogP contribution is 2.19. The van der Waals surface area contributed by atoms with Crippen molar-refractivity contribution >= 4 is 34.2 Å². The largest absolute Gasteiger partial charge is 0.421 e. The Morgan fingerprint density at radius 1 is 1.20 bits per heavy atom. The summed E-state index contributed by atoms with van der Waals surface area (Å²) in [6.45, 7) is 0. The quantitative estimate of drug-likeness (QED) is 0.639. The smallest absolute Gasteiger partial charge is 0.247 e. The highest BCUT2D eigenvalue weighted by atomic mass is 127. The van der Waals surface area contributed by atoms with Crippen LogP contribution in [-0.2, 0) is 6.42 Å². The monoisotopic (exact) mass is 334 g/mol. The van der Waals surface area contributed by atoms with E-state index in [0.717, 1.165) is 5.56 Å². The molecule has 0 aliphatic rings. The van der Waals surface area contributed by atoms with Gasteiger partial charge in [-0.3, -0.25) is 0 Å². The molecule has 1 heterocycles. The van der Waals surface area contributed by atoms with Crippen molar-refractivity contribution in [2.75, 3.05) is 5.88 Å². The average molecular weight is 335 g/mol. The number of nitrogens with zero attached hydrogens (tertiary/aromatic N) is 2. The van der Waals surface area contributed by atoms with Gasteiger partial charge in [0, 0.05) is 21.4 Å². The molecule has 78 valence electrons. The highest BCUT2D eigenvalue weighted by molar-refractivity contribution is 14.1. The van der Waals surface area contributed by atoms with E-state index >= 15 is 0 Å². The molecule has 0 amide bonds. The molecule has 2 rings (SSSR count). The van der Waals surface area contributed by atoms with Gasteiger partial charge in [-0.2, -0.15) is 0 Å². The third kappa shape index (κ3) is 2.69. The average Bonchev–Trinajstić information content (AvgIpc) is 2.68. The Morgan fingerprint density at radius 3 is 2.60 bits per heavy atom. The second kappa shape index (κ2) is 4.94. The molecule has 15 heavy (non-hydrogen) atoms. The molecule has 0 unspecified atom stereocenters. The minimum Gasteiger partial charge on any atom is -0.421 e. The zero-order valence-electron chi connectivity index (χ0n) is 7.78. The van der Waals surface area contributed by atoms with Crippen molar-refractivity contribution in [3.63, 3.8) is 0 Å². The first-order valence-corrected chi connectivity index (χ1v) is 6.05. The minimum atomic E-state index is 0.494. The summed E-state index contributed by atoms with van der Waals surface area (Å²) in [5.74, 6) is 1.62. The van der Waals surface area contributed by atoms with Crippen LogP contribution in [0.25, 0.3) is 11.5 Å². The van der Waals surface area contributed by atoms with Crippen LogP contribution in [0.3, 0.4) is 0 Å². The van der Waals surface area contributed by atoms with Crippen LogP contribution in [-0.4, -0.2) is 16.1 Å². The molecule has 0 bridgehead atoms. The van der Waals surface area contributed by atoms with E-state index in [1.807, 2.05) is 24.3 Å². The summed E-state index contributed by atoms with van der Waals surface area (Å²) >= 11 is 7.83. The van der Waals surface area contributed by atoms with Crippen LogP contribution in [0.2, 0.25) is 0 Å². The van der Waals surface area contributed by atoms with Crippen LogP contribution in [0.15, 0.2) is 28.7 Å². The summed E-state index contributed by atoms with van der Waals surface area (Å²) in [6.07, 6.45) is 0.610. The van der Waals surface area contributed by atoms with Crippen molar-refractivity contribution in [3.05, 3.63) is 33.7 Å². The van der Waals surface area contributed by atoms with Gasteiger partial charge < -0.3 is 4.42 Å². The van der Waals surface area contributed by atoms with Gasteiger partial charge in [0.05, 0.1) is 0 Å². The van der Waals surface area contributed by atoms with Gasteiger partial charge in [-0.25, -0.2) is 0 Å². The molecule has 5 heteroatoms. The summed E-state index contributed by atoms with van der Waals surface area (Å²) in [6, 6.07) is 7.92. The molecule has 3 nitrogen and oxygen atoms in total. The van der Waals surface area contributed by atoms with E-state index in [2.05, 4.69) is 32.8 Å². The van der Waals surface area contributed by atoms with E-state index in [-0.39, 0.29) is 0 Å². The molecule has 0 N–H and O–H groups in total. The molecule has 0 aliphatic carbocycles. The zero-order chi connectivity index (χ0) is 10.7. The Bertz CT molecular complexity index is 441. The molecule has 0 saturated heterocycles. The number of hydrogen-bond acceptors (Lipinski definition) is 3. The lowest BCUT2D eigenvalue weighted by Crippen LogP contribution is -1.84. The number of halogens is 2. The highest BCUT2D eigenvalue weighted by Gasteiger charge is 2.07. The Morgan fingerprint density at radius 2 is 1.93 bits per heavy atom. The van der Waals surface area contributed by atoms with E-state index in [0.29, 0.717) is 24.1 Å². The molecular weight excluding hydrogens is 326 g/mol. The third-order valence-electron chi connectivity index (χ3n) is 1.87. The predicted octanol–water partition coefficient (Wildman–Crippen LogP) is 3.12. The van der Waals surface area contributed by atoms with Gasteiger partial charge in [0.15, 0.2) is 0 Å².